The van der Waals surface area contributed by atoms with Crippen LogP contribution in [0.5, 0.6) is 0 Å². The lowest BCUT2D eigenvalue weighted by Crippen LogP contribution is -2.24. The lowest BCUT2D eigenvalue weighted by molar-refractivity contribution is -0.124. The normalized spacial score (nSPS) is 33.0. The average Bonchev–Trinajstić information content (AvgIpc) is 2.11. The summed E-state index contributed by atoms with van der Waals surface area (Å²) in [6.45, 7) is 3.92. The average molecular weight is 145 g/mol. The van der Waals surface area contributed by atoms with Gasteiger partial charge in [-0.15, -0.1) is 0 Å². The van der Waals surface area contributed by atoms with E-state index >= 15 is 0 Å². The third-order valence-electron chi connectivity index (χ3n) is 1.88. The van der Waals surface area contributed by atoms with Crippen molar-refractivity contribution in [2.45, 2.75) is 20.0 Å². The van der Waals surface area contributed by atoms with E-state index in [0.29, 0.717) is 0 Å². The molecule has 0 aromatic carbocycles. The number of alkyl halides is 1. The topological polar surface area (TPSA) is 29.1 Å². The van der Waals surface area contributed by atoms with Crippen molar-refractivity contribution in [1.82, 2.24) is 5.32 Å². The number of amides is 1. The van der Waals surface area contributed by atoms with E-state index in [1.54, 1.807) is 0 Å². The maximum absolute atomic E-state index is 12.8. The van der Waals surface area contributed by atoms with Gasteiger partial charge in [0.2, 0.25) is 5.91 Å². The van der Waals surface area contributed by atoms with Crippen LogP contribution in [0.4, 0.5) is 4.39 Å². The van der Waals surface area contributed by atoms with Crippen LogP contribution in [0.2, 0.25) is 0 Å². The molecule has 1 fully saturated rings. The van der Waals surface area contributed by atoms with Crippen LogP contribution in [0.25, 0.3) is 0 Å². The maximum atomic E-state index is 12.8. The standard InChI is InChI=1S/C7H12FNO/c1-4(2)6-5(8)3-9-7(6)10/h4-6H,3H2,1-2H3,(H,9,10). The predicted molar refractivity (Wildman–Crippen MR) is 36.2 cm³/mol. The molecule has 1 aliphatic heterocycles. The van der Waals surface area contributed by atoms with Crippen LogP contribution in [0.15, 0.2) is 0 Å². The van der Waals surface area contributed by atoms with Crippen LogP contribution >= 0.6 is 0 Å². The molecule has 2 atom stereocenters. The Morgan fingerprint density at radius 3 is 2.50 bits per heavy atom. The van der Waals surface area contributed by atoms with Gasteiger partial charge in [0, 0.05) is 6.54 Å². The minimum atomic E-state index is -0.979. The molecule has 1 rings (SSSR count). The number of halogens is 1. The molecule has 1 saturated heterocycles. The molecule has 1 heterocycles. The summed E-state index contributed by atoms with van der Waals surface area (Å²) in [6, 6.07) is 0. The van der Waals surface area contributed by atoms with Crippen LogP contribution in [-0.4, -0.2) is 18.6 Å². The van der Waals surface area contributed by atoms with Crippen molar-refractivity contribution in [2.24, 2.45) is 11.8 Å². The number of hydrogen-bond donors (Lipinski definition) is 1. The summed E-state index contributed by atoms with van der Waals surface area (Å²) >= 11 is 0. The number of carbonyl (C=O) groups is 1. The van der Waals surface area contributed by atoms with Crippen molar-refractivity contribution in [3.63, 3.8) is 0 Å². The van der Waals surface area contributed by atoms with Crippen LogP contribution in [0.3, 0.4) is 0 Å². The molecule has 1 N–H and O–H groups in total. The highest BCUT2D eigenvalue weighted by atomic mass is 19.1. The Morgan fingerprint density at radius 2 is 2.30 bits per heavy atom. The van der Waals surface area contributed by atoms with Gasteiger partial charge in [-0.1, -0.05) is 13.8 Å². The van der Waals surface area contributed by atoms with Gasteiger partial charge in [0.15, 0.2) is 0 Å². The SMILES string of the molecule is CC(C)C1C(=O)NCC1F. The molecule has 2 nitrogen and oxygen atoms in total. The summed E-state index contributed by atoms with van der Waals surface area (Å²) in [5.41, 5.74) is 0. The molecular weight excluding hydrogens is 133 g/mol. The molecule has 0 spiro atoms. The molecule has 2 unspecified atom stereocenters. The fourth-order valence-electron chi connectivity index (χ4n) is 1.33. The van der Waals surface area contributed by atoms with E-state index in [1.165, 1.54) is 0 Å². The van der Waals surface area contributed by atoms with Gasteiger partial charge in [0.25, 0.3) is 0 Å². The van der Waals surface area contributed by atoms with Gasteiger partial charge >= 0.3 is 0 Å². The Balaban J connectivity index is 2.63. The monoisotopic (exact) mass is 145 g/mol. The second kappa shape index (κ2) is 2.56. The summed E-state index contributed by atoms with van der Waals surface area (Å²) in [7, 11) is 0. The smallest absolute Gasteiger partial charge is 0.226 e. The van der Waals surface area contributed by atoms with E-state index in [4.69, 9.17) is 0 Å². The minimum Gasteiger partial charge on any atom is -0.353 e. The molecule has 0 aliphatic carbocycles. The summed E-state index contributed by atoms with van der Waals surface area (Å²) in [6.07, 6.45) is -0.979. The molecule has 0 saturated carbocycles. The fraction of sp³-hybridized carbons (Fsp3) is 0.857. The first-order chi connectivity index (χ1) is 4.63. The third kappa shape index (κ3) is 1.13. The Bertz CT molecular complexity index is 147. The molecule has 0 aromatic heterocycles. The van der Waals surface area contributed by atoms with Gasteiger partial charge in [0.1, 0.15) is 6.17 Å². The Kier molecular flexibility index (Phi) is 1.92. The second-order valence-corrected chi connectivity index (χ2v) is 3.03. The molecule has 58 valence electrons. The highest BCUT2D eigenvalue weighted by molar-refractivity contribution is 5.81. The summed E-state index contributed by atoms with van der Waals surface area (Å²) in [5, 5.41) is 2.49. The van der Waals surface area contributed by atoms with Crippen LogP contribution in [0.1, 0.15) is 13.8 Å². The highest BCUT2D eigenvalue weighted by Crippen LogP contribution is 2.21. The predicted octanol–water partition coefficient (Wildman–Crippen LogP) is 0.726. The zero-order valence-corrected chi connectivity index (χ0v) is 6.23. The van der Waals surface area contributed by atoms with Crippen molar-refractivity contribution in [2.75, 3.05) is 6.54 Å². The minimum absolute atomic E-state index is 0.109. The quantitative estimate of drug-likeness (QED) is 0.579. The van der Waals surface area contributed by atoms with E-state index in [0.717, 1.165) is 0 Å². The molecular formula is C7H12FNO. The fourth-order valence-corrected chi connectivity index (χ4v) is 1.33. The van der Waals surface area contributed by atoms with Crippen molar-refractivity contribution in [1.29, 1.82) is 0 Å². The molecule has 3 heteroatoms. The first-order valence-corrected chi connectivity index (χ1v) is 3.54. The first-order valence-electron chi connectivity index (χ1n) is 3.54. The third-order valence-corrected chi connectivity index (χ3v) is 1.88. The Labute approximate surface area is 59.8 Å². The van der Waals surface area contributed by atoms with Gasteiger partial charge < -0.3 is 5.32 Å². The lowest BCUT2D eigenvalue weighted by Gasteiger charge is -2.12. The van der Waals surface area contributed by atoms with Gasteiger partial charge in [0.05, 0.1) is 5.92 Å². The summed E-state index contributed by atoms with van der Waals surface area (Å²) < 4.78 is 12.8. The number of hydrogen-bond acceptors (Lipinski definition) is 1. The van der Waals surface area contributed by atoms with Crippen molar-refractivity contribution >= 4 is 5.91 Å². The summed E-state index contributed by atoms with van der Waals surface area (Å²) in [5.74, 6) is -0.444. The first kappa shape index (κ1) is 7.51. The van der Waals surface area contributed by atoms with Gasteiger partial charge in [-0.25, -0.2) is 4.39 Å². The molecule has 0 aromatic rings. The molecule has 10 heavy (non-hydrogen) atoms. The molecule has 0 bridgehead atoms. The lowest BCUT2D eigenvalue weighted by atomic mass is 9.93. The maximum Gasteiger partial charge on any atom is 0.226 e. The van der Waals surface area contributed by atoms with Crippen molar-refractivity contribution in [3.8, 4) is 0 Å². The zero-order chi connectivity index (χ0) is 7.72. The van der Waals surface area contributed by atoms with Crippen molar-refractivity contribution < 1.29 is 9.18 Å². The number of nitrogens with one attached hydrogen (secondary N) is 1. The van der Waals surface area contributed by atoms with Crippen LogP contribution in [0, 0.1) is 11.8 Å². The van der Waals surface area contributed by atoms with E-state index in [1.807, 2.05) is 13.8 Å². The Morgan fingerprint density at radius 1 is 1.70 bits per heavy atom. The molecule has 1 aliphatic rings. The van der Waals surface area contributed by atoms with Gasteiger partial charge in [-0.2, -0.15) is 0 Å². The van der Waals surface area contributed by atoms with E-state index in [-0.39, 0.29) is 18.4 Å². The van der Waals surface area contributed by atoms with E-state index in [2.05, 4.69) is 5.32 Å². The number of carbonyl (C=O) groups excluding carboxylic acids is 1. The number of rotatable bonds is 1. The van der Waals surface area contributed by atoms with Gasteiger partial charge in [-0.05, 0) is 5.92 Å². The second-order valence-electron chi connectivity index (χ2n) is 3.03. The van der Waals surface area contributed by atoms with Crippen LogP contribution in [-0.2, 0) is 4.79 Å². The largest absolute Gasteiger partial charge is 0.353 e. The zero-order valence-electron chi connectivity index (χ0n) is 6.23. The van der Waals surface area contributed by atoms with Crippen LogP contribution < -0.4 is 5.32 Å². The summed E-state index contributed by atoms with van der Waals surface area (Å²) in [4.78, 5) is 10.9. The van der Waals surface area contributed by atoms with Gasteiger partial charge in [-0.3, -0.25) is 4.79 Å². The highest BCUT2D eigenvalue weighted by Gasteiger charge is 2.36. The van der Waals surface area contributed by atoms with E-state index in [9.17, 15) is 9.18 Å². The molecule has 0 radical (unpaired) electrons. The van der Waals surface area contributed by atoms with Crippen molar-refractivity contribution in [3.05, 3.63) is 0 Å². The Hall–Kier alpha value is -0.600. The molecule has 1 amide bonds. The van der Waals surface area contributed by atoms with E-state index < -0.39 is 12.1 Å².